The van der Waals surface area contributed by atoms with E-state index in [1.807, 2.05) is 19.2 Å². The van der Waals surface area contributed by atoms with E-state index in [1.165, 1.54) is 25.0 Å². The summed E-state index contributed by atoms with van der Waals surface area (Å²) < 4.78 is 29.6. The smallest absolute Gasteiger partial charge is 0.133 e. The molecule has 5 heteroatoms. The van der Waals surface area contributed by atoms with E-state index in [9.17, 15) is 4.39 Å². The van der Waals surface area contributed by atoms with Crippen LogP contribution in [0.5, 0.6) is 0 Å². The van der Waals surface area contributed by atoms with Crippen LogP contribution in [-0.4, -0.2) is 29.7 Å². The Kier molecular flexibility index (Phi) is 4.99. The number of aromatic nitrogens is 1. The largest absolute Gasteiger partial charge is 0.370 e. The van der Waals surface area contributed by atoms with Gasteiger partial charge in [-0.3, -0.25) is 4.99 Å². The lowest BCUT2D eigenvalue weighted by molar-refractivity contribution is 0.353. The molecule has 0 atom stereocenters. The highest BCUT2D eigenvalue weighted by Crippen LogP contribution is 2.33. The fourth-order valence-electron chi connectivity index (χ4n) is 4.12. The molecule has 0 unspecified atom stereocenters. The Morgan fingerprint density at radius 2 is 1.86 bits per heavy atom. The third kappa shape index (κ3) is 3.33. The van der Waals surface area contributed by atoms with Crippen LogP contribution in [0.2, 0.25) is 0 Å². The third-order valence-corrected chi connectivity index (χ3v) is 5.66. The van der Waals surface area contributed by atoms with Gasteiger partial charge in [-0.15, -0.1) is 0 Å². The molecule has 0 amide bonds. The van der Waals surface area contributed by atoms with Gasteiger partial charge in [-0.2, -0.15) is 0 Å². The predicted molar refractivity (Wildman–Crippen MR) is 111 cm³/mol. The van der Waals surface area contributed by atoms with Gasteiger partial charge in [0.25, 0.3) is 0 Å². The second kappa shape index (κ2) is 7.58. The lowest BCUT2D eigenvalue weighted by Crippen LogP contribution is -2.27. The van der Waals surface area contributed by atoms with Crippen LogP contribution in [-0.2, 0) is 0 Å². The van der Waals surface area contributed by atoms with Gasteiger partial charge in [0.2, 0.25) is 0 Å². The molecule has 1 saturated carbocycles. The van der Waals surface area contributed by atoms with Crippen LogP contribution >= 0.6 is 0 Å². The summed E-state index contributed by atoms with van der Waals surface area (Å²) in [5.41, 5.74) is 2.74. The molecule has 4 rings (SSSR count). The maximum absolute atomic E-state index is 15.0. The average Bonchev–Trinajstić information content (AvgIpc) is 3.36. The lowest BCUT2D eigenvalue weighted by atomic mass is 9.99. The van der Waals surface area contributed by atoms with Crippen molar-refractivity contribution in [2.24, 2.45) is 4.99 Å². The SMILES string of the molecule is C=N/C=C(/c1ccc(-c2cc3cc[nH]c3cc2F)c(F)c1)N(C)C1CCCC1. The molecule has 1 aromatic heterocycles. The van der Waals surface area contributed by atoms with Crippen molar-refractivity contribution < 1.29 is 8.78 Å². The summed E-state index contributed by atoms with van der Waals surface area (Å²) in [5.74, 6) is -0.908. The predicted octanol–water partition coefficient (Wildman–Crippen LogP) is 5.99. The zero-order valence-electron chi connectivity index (χ0n) is 15.9. The Hall–Kier alpha value is -2.95. The zero-order valence-corrected chi connectivity index (χ0v) is 15.9. The number of nitrogens with one attached hydrogen (secondary N) is 1. The maximum atomic E-state index is 15.0. The van der Waals surface area contributed by atoms with E-state index in [4.69, 9.17) is 0 Å². The van der Waals surface area contributed by atoms with Crippen LogP contribution in [0.15, 0.2) is 53.8 Å². The van der Waals surface area contributed by atoms with E-state index >= 15 is 4.39 Å². The van der Waals surface area contributed by atoms with E-state index in [0.717, 1.165) is 23.9 Å². The van der Waals surface area contributed by atoms with Gasteiger partial charge in [0.15, 0.2) is 0 Å². The van der Waals surface area contributed by atoms with Crippen LogP contribution in [0.1, 0.15) is 31.2 Å². The van der Waals surface area contributed by atoms with E-state index in [2.05, 4.69) is 21.6 Å². The number of aliphatic imine (C=N–C) groups is 1. The summed E-state index contributed by atoms with van der Waals surface area (Å²) in [6, 6.07) is 10.3. The van der Waals surface area contributed by atoms with Crippen molar-refractivity contribution in [1.29, 1.82) is 0 Å². The monoisotopic (exact) mass is 379 g/mol. The number of nitrogens with zero attached hydrogens (tertiary/aromatic N) is 2. The Morgan fingerprint density at radius 1 is 1.11 bits per heavy atom. The summed E-state index contributed by atoms with van der Waals surface area (Å²) in [5, 5.41) is 0.845. The van der Waals surface area contributed by atoms with E-state index in [0.29, 0.717) is 17.1 Å². The fraction of sp³-hybridized carbons (Fsp3) is 0.261. The first-order valence-corrected chi connectivity index (χ1v) is 9.54. The van der Waals surface area contributed by atoms with Crippen LogP contribution in [0.4, 0.5) is 8.78 Å². The van der Waals surface area contributed by atoms with Crippen molar-refractivity contribution in [3.05, 3.63) is 66.0 Å². The van der Waals surface area contributed by atoms with Crippen molar-refractivity contribution in [2.45, 2.75) is 31.7 Å². The second-order valence-electron chi connectivity index (χ2n) is 7.34. The molecule has 1 aliphatic carbocycles. The minimum Gasteiger partial charge on any atom is -0.370 e. The first-order chi connectivity index (χ1) is 13.6. The highest BCUT2D eigenvalue weighted by atomic mass is 19.1. The molecule has 144 valence electrons. The molecule has 3 aromatic rings. The Labute approximate surface area is 163 Å². The molecule has 3 nitrogen and oxygen atoms in total. The number of benzene rings is 2. The summed E-state index contributed by atoms with van der Waals surface area (Å²) in [6.07, 6.45) is 8.06. The molecule has 1 aliphatic rings. The molecule has 0 aliphatic heterocycles. The highest BCUT2D eigenvalue weighted by molar-refractivity contribution is 5.85. The summed E-state index contributed by atoms with van der Waals surface area (Å²) >= 11 is 0. The number of hydrogen-bond acceptors (Lipinski definition) is 2. The Bertz CT molecular complexity index is 1050. The van der Waals surface area contributed by atoms with E-state index in [1.54, 1.807) is 24.5 Å². The van der Waals surface area contributed by atoms with E-state index < -0.39 is 11.6 Å². The van der Waals surface area contributed by atoms with Crippen molar-refractivity contribution in [3.63, 3.8) is 0 Å². The van der Waals surface area contributed by atoms with Gasteiger partial charge >= 0.3 is 0 Å². The van der Waals surface area contributed by atoms with Crippen molar-refractivity contribution in [3.8, 4) is 11.1 Å². The van der Waals surface area contributed by atoms with Gasteiger partial charge in [0, 0.05) is 46.9 Å². The van der Waals surface area contributed by atoms with Crippen LogP contribution < -0.4 is 0 Å². The summed E-state index contributed by atoms with van der Waals surface area (Å²) in [6.45, 7) is 3.56. The molecular weight excluding hydrogens is 356 g/mol. The van der Waals surface area contributed by atoms with Gasteiger partial charge in [0.05, 0.1) is 11.9 Å². The van der Waals surface area contributed by atoms with Gasteiger partial charge in [-0.05, 0) is 43.8 Å². The number of rotatable bonds is 5. The van der Waals surface area contributed by atoms with E-state index in [-0.39, 0.29) is 11.1 Å². The summed E-state index contributed by atoms with van der Waals surface area (Å²) in [7, 11) is 2.01. The normalized spacial score (nSPS) is 15.3. The number of H-pyrrole nitrogens is 1. The number of hydrogen-bond donors (Lipinski definition) is 1. The van der Waals surface area contributed by atoms with Crippen molar-refractivity contribution >= 4 is 23.3 Å². The topological polar surface area (TPSA) is 31.4 Å². The molecule has 1 heterocycles. The molecular formula is C23H23F2N3. The van der Waals surface area contributed by atoms with Gasteiger partial charge < -0.3 is 9.88 Å². The van der Waals surface area contributed by atoms with Gasteiger partial charge in [-0.1, -0.05) is 25.0 Å². The minimum absolute atomic E-state index is 0.249. The maximum Gasteiger partial charge on any atom is 0.133 e. The number of halogens is 2. The summed E-state index contributed by atoms with van der Waals surface area (Å²) in [4.78, 5) is 9.04. The molecule has 28 heavy (non-hydrogen) atoms. The molecule has 0 spiro atoms. The average molecular weight is 379 g/mol. The molecule has 1 N–H and O–H groups in total. The highest BCUT2D eigenvalue weighted by Gasteiger charge is 2.23. The lowest BCUT2D eigenvalue weighted by Gasteiger charge is -2.29. The Morgan fingerprint density at radius 3 is 2.57 bits per heavy atom. The Balaban J connectivity index is 1.72. The van der Waals surface area contributed by atoms with Crippen molar-refractivity contribution in [2.75, 3.05) is 7.05 Å². The number of aromatic amines is 1. The van der Waals surface area contributed by atoms with Crippen molar-refractivity contribution in [1.82, 2.24) is 9.88 Å². The number of fused-ring (bicyclic) bond motifs is 1. The molecule has 0 radical (unpaired) electrons. The zero-order chi connectivity index (χ0) is 19.7. The molecule has 1 fully saturated rings. The first-order valence-electron chi connectivity index (χ1n) is 9.54. The second-order valence-corrected chi connectivity index (χ2v) is 7.34. The molecule has 0 bridgehead atoms. The van der Waals surface area contributed by atoms with Crippen LogP contribution in [0, 0.1) is 11.6 Å². The fourth-order valence-corrected chi connectivity index (χ4v) is 4.12. The standard InChI is InChI=1S/C23H23F2N3/c1-26-14-23(28(2)17-5-3-4-6-17)16-7-8-18(20(24)12-16)19-11-15-9-10-27-22(15)13-21(19)25/h7-14,17,27H,1,3-6H2,2H3/b23-14-. The van der Waals surface area contributed by atoms with Gasteiger partial charge in [-0.25, -0.2) is 8.78 Å². The minimum atomic E-state index is -0.457. The first kappa shape index (κ1) is 18.4. The van der Waals surface area contributed by atoms with Gasteiger partial charge in [0.1, 0.15) is 11.6 Å². The quantitative estimate of drug-likeness (QED) is 0.543. The molecule has 2 aromatic carbocycles. The van der Waals surface area contributed by atoms with Crippen LogP contribution in [0.3, 0.4) is 0 Å². The van der Waals surface area contributed by atoms with Crippen LogP contribution in [0.25, 0.3) is 27.7 Å². The molecule has 0 saturated heterocycles. The third-order valence-electron chi connectivity index (χ3n) is 5.66.